The maximum absolute atomic E-state index is 13.0. The maximum atomic E-state index is 13.0. The van der Waals surface area contributed by atoms with Gasteiger partial charge in [0.05, 0.1) is 26.1 Å². The molecule has 2 aromatic rings. The molecule has 178 valence electrons. The van der Waals surface area contributed by atoms with Crippen molar-refractivity contribution < 1.29 is 32.2 Å². The monoisotopic (exact) mass is 494 g/mol. The minimum Gasteiger partial charge on any atom is -0.495 e. The lowest BCUT2D eigenvalue weighted by atomic mass is 10.2. The van der Waals surface area contributed by atoms with E-state index in [9.17, 15) is 18.0 Å². The lowest BCUT2D eigenvalue weighted by Crippen LogP contribution is -2.40. The van der Waals surface area contributed by atoms with E-state index in [1.165, 1.54) is 41.4 Å². The summed E-state index contributed by atoms with van der Waals surface area (Å²) in [6, 6.07) is 12.0. The molecule has 0 bridgehead atoms. The number of hydrogen-bond acceptors (Lipinski definition) is 8. The van der Waals surface area contributed by atoms with Gasteiger partial charge in [-0.2, -0.15) is 4.31 Å². The lowest BCUT2D eigenvalue weighted by molar-refractivity contribution is -0.144. The van der Waals surface area contributed by atoms with Crippen LogP contribution in [0.15, 0.2) is 52.3 Å². The van der Waals surface area contributed by atoms with Gasteiger partial charge in [0, 0.05) is 23.7 Å². The van der Waals surface area contributed by atoms with Crippen molar-refractivity contribution >= 4 is 39.3 Å². The summed E-state index contributed by atoms with van der Waals surface area (Å²) in [6.45, 7) is 2.56. The van der Waals surface area contributed by atoms with Crippen LogP contribution in [-0.2, 0) is 29.1 Å². The molecule has 33 heavy (non-hydrogen) atoms. The number of aryl methyl sites for hydroxylation is 1. The van der Waals surface area contributed by atoms with Gasteiger partial charge in [-0.05, 0) is 36.8 Å². The summed E-state index contributed by atoms with van der Waals surface area (Å²) in [4.78, 5) is 25.2. The number of esters is 1. The predicted octanol–water partition coefficient (Wildman–Crippen LogP) is 2.30. The molecule has 1 heterocycles. The highest BCUT2D eigenvalue weighted by atomic mass is 32.2. The van der Waals surface area contributed by atoms with E-state index < -0.39 is 28.5 Å². The van der Waals surface area contributed by atoms with E-state index in [4.69, 9.17) is 14.2 Å². The van der Waals surface area contributed by atoms with Crippen LogP contribution in [0.3, 0.4) is 0 Å². The zero-order chi connectivity index (χ0) is 23.8. The Balaban J connectivity index is 1.58. The second-order valence-electron chi connectivity index (χ2n) is 7.15. The quantitative estimate of drug-likeness (QED) is 0.418. The summed E-state index contributed by atoms with van der Waals surface area (Å²) >= 11 is 1.33. The first-order valence-corrected chi connectivity index (χ1v) is 12.6. The van der Waals surface area contributed by atoms with E-state index >= 15 is 0 Å². The lowest BCUT2D eigenvalue weighted by Gasteiger charge is -2.26. The first-order valence-electron chi connectivity index (χ1n) is 10.2. The topological polar surface area (TPSA) is 111 Å². The van der Waals surface area contributed by atoms with Gasteiger partial charge in [0.2, 0.25) is 10.0 Å². The normalized spacial score (nSPS) is 14.5. The third-order valence-electron chi connectivity index (χ3n) is 4.84. The van der Waals surface area contributed by atoms with Gasteiger partial charge >= 0.3 is 5.97 Å². The minimum absolute atomic E-state index is 0.0590. The van der Waals surface area contributed by atoms with E-state index in [0.29, 0.717) is 13.2 Å². The molecule has 0 saturated carbocycles. The van der Waals surface area contributed by atoms with Crippen molar-refractivity contribution in [2.75, 3.05) is 51.1 Å². The van der Waals surface area contributed by atoms with Gasteiger partial charge in [0.15, 0.2) is 6.61 Å². The zero-order valence-corrected chi connectivity index (χ0v) is 20.0. The smallest absolute Gasteiger partial charge is 0.316 e. The van der Waals surface area contributed by atoms with Crippen molar-refractivity contribution in [3.8, 4) is 5.75 Å². The van der Waals surface area contributed by atoms with Gasteiger partial charge in [-0.3, -0.25) is 9.59 Å². The summed E-state index contributed by atoms with van der Waals surface area (Å²) in [5.41, 5.74) is 1.30. The number of carbonyl (C=O) groups is 2. The van der Waals surface area contributed by atoms with Crippen molar-refractivity contribution in [1.82, 2.24) is 4.31 Å². The molecule has 1 aliphatic rings. The average Bonchev–Trinajstić information content (AvgIpc) is 2.82. The van der Waals surface area contributed by atoms with Crippen LogP contribution < -0.4 is 10.1 Å². The molecule has 0 atom stereocenters. The number of rotatable bonds is 9. The molecule has 1 fully saturated rings. The molecule has 1 N–H and O–H groups in total. The number of benzene rings is 2. The molecule has 0 aliphatic carbocycles. The molecule has 9 nitrogen and oxygen atoms in total. The third kappa shape index (κ3) is 6.70. The number of hydrogen-bond donors (Lipinski definition) is 1. The highest BCUT2D eigenvalue weighted by Gasteiger charge is 2.29. The molecule has 0 spiro atoms. The molecule has 0 radical (unpaired) electrons. The Bertz CT molecular complexity index is 1100. The number of nitrogens with zero attached hydrogens (tertiary/aromatic N) is 1. The Morgan fingerprint density at radius 1 is 1.15 bits per heavy atom. The standard InChI is InChI=1S/C22H26N2O7S2/c1-16-5-3-4-6-19(16)32-15-22(26)31-14-21(25)23-17-7-8-18(29-2)20(13-17)33(27,28)24-9-11-30-12-10-24/h3-8,13H,9-12,14-15H2,1-2H3,(H,23,25). The molecular formula is C22H26N2O7S2. The Morgan fingerprint density at radius 3 is 2.58 bits per heavy atom. The third-order valence-corrected chi connectivity index (χ3v) is 7.91. The van der Waals surface area contributed by atoms with Gasteiger partial charge in [-0.1, -0.05) is 18.2 Å². The van der Waals surface area contributed by atoms with E-state index in [1.807, 2.05) is 31.2 Å². The van der Waals surface area contributed by atoms with Crippen LogP contribution in [0.25, 0.3) is 0 Å². The van der Waals surface area contributed by atoms with Crippen LogP contribution in [0.4, 0.5) is 5.69 Å². The highest BCUT2D eigenvalue weighted by molar-refractivity contribution is 8.00. The van der Waals surface area contributed by atoms with Crippen LogP contribution in [-0.4, -0.2) is 70.4 Å². The van der Waals surface area contributed by atoms with Crippen LogP contribution in [0.5, 0.6) is 5.75 Å². The number of nitrogens with one attached hydrogen (secondary N) is 1. The van der Waals surface area contributed by atoms with E-state index in [0.717, 1.165) is 10.5 Å². The molecule has 0 unspecified atom stereocenters. The number of methoxy groups -OCH3 is 1. The Kier molecular flexibility index (Phi) is 8.73. The first-order chi connectivity index (χ1) is 15.8. The van der Waals surface area contributed by atoms with Gasteiger partial charge in [0.25, 0.3) is 5.91 Å². The summed E-state index contributed by atoms with van der Waals surface area (Å²) in [6.07, 6.45) is 0. The maximum Gasteiger partial charge on any atom is 0.316 e. The van der Waals surface area contributed by atoms with Crippen molar-refractivity contribution in [3.05, 3.63) is 48.0 Å². The average molecular weight is 495 g/mol. The molecule has 1 saturated heterocycles. The van der Waals surface area contributed by atoms with Gasteiger partial charge in [-0.15, -0.1) is 11.8 Å². The van der Waals surface area contributed by atoms with Crippen LogP contribution in [0.1, 0.15) is 5.56 Å². The second-order valence-corrected chi connectivity index (χ2v) is 10.1. The number of ether oxygens (including phenoxy) is 3. The minimum atomic E-state index is -3.84. The fourth-order valence-corrected chi connectivity index (χ4v) is 5.54. The van der Waals surface area contributed by atoms with Gasteiger partial charge in [0.1, 0.15) is 10.6 Å². The van der Waals surface area contributed by atoms with Gasteiger partial charge < -0.3 is 19.5 Å². The SMILES string of the molecule is COc1ccc(NC(=O)COC(=O)CSc2ccccc2C)cc1S(=O)(=O)N1CCOCC1. The number of amides is 1. The fraction of sp³-hybridized carbons (Fsp3) is 0.364. The van der Waals surface area contributed by atoms with Crippen molar-refractivity contribution in [3.63, 3.8) is 0 Å². The van der Waals surface area contributed by atoms with Gasteiger partial charge in [-0.25, -0.2) is 8.42 Å². The van der Waals surface area contributed by atoms with Crippen LogP contribution in [0, 0.1) is 6.92 Å². The fourth-order valence-electron chi connectivity index (χ4n) is 3.12. The zero-order valence-electron chi connectivity index (χ0n) is 18.4. The number of sulfonamides is 1. The highest BCUT2D eigenvalue weighted by Crippen LogP contribution is 2.30. The van der Waals surface area contributed by atoms with Crippen molar-refractivity contribution in [1.29, 1.82) is 0 Å². The Labute approximate surface area is 197 Å². The number of anilines is 1. The number of morpholine rings is 1. The van der Waals surface area contributed by atoms with Crippen molar-refractivity contribution in [2.24, 2.45) is 0 Å². The largest absolute Gasteiger partial charge is 0.495 e. The molecule has 1 amide bonds. The summed E-state index contributed by atoms with van der Waals surface area (Å²) in [7, 11) is -2.46. The first kappa shape index (κ1) is 25.0. The molecule has 0 aromatic heterocycles. The Morgan fingerprint density at radius 2 is 1.88 bits per heavy atom. The summed E-state index contributed by atoms with van der Waals surface area (Å²) < 4.78 is 42.9. The van der Waals surface area contributed by atoms with Crippen LogP contribution in [0.2, 0.25) is 0 Å². The summed E-state index contributed by atoms with van der Waals surface area (Å²) in [5, 5.41) is 2.56. The van der Waals surface area contributed by atoms with E-state index in [1.54, 1.807) is 0 Å². The molecule has 1 aliphatic heterocycles. The molecule has 3 rings (SSSR count). The number of carbonyl (C=O) groups excluding carboxylic acids is 2. The molecular weight excluding hydrogens is 468 g/mol. The molecule has 11 heteroatoms. The molecule has 2 aromatic carbocycles. The van der Waals surface area contributed by atoms with Crippen molar-refractivity contribution in [2.45, 2.75) is 16.7 Å². The second kappa shape index (κ2) is 11.5. The van der Waals surface area contributed by atoms with E-state index in [2.05, 4.69) is 5.32 Å². The number of thioether (sulfide) groups is 1. The van der Waals surface area contributed by atoms with E-state index in [-0.39, 0.29) is 35.2 Å². The predicted molar refractivity (Wildman–Crippen MR) is 124 cm³/mol. The van der Waals surface area contributed by atoms with Crippen LogP contribution >= 0.6 is 11.8 Å². The Hall–Kier alpha value is -2.60. The summed E-state index contributed by atoms with van der Waals surface area (Å²) in [5.74, 6) is -0.866.